The van der Waals surface area contributed by atoms with Crippen LogP contribution < -0.4 is 5.32 Å². The second-order valence-electron chi connectivity index (χ2n) is 7.83. The molecule has 0 bridgehead atoms. The van der Waals surface area contributed by atoms with Crippen molar-refractivity contribution in [1.82, 2.24) is 15.1 Å². The smallest absolute Gasteiger partial charge is 0.251 e. The molecule has 1 heterocycles. The minimum Gasteiger partial charge on any atom is -0.348 e. The molecule has 0 aromatic heterocycles. The van der Waals surface area contributed by atoms with E-state index < -0.39 is 9.84 Å². The first-order valence-electron chi connectivity index (χ1n) is 9.80. The fraction of sp³-hybridized carbons (Fsp3) is 0.409. The van der Waals surface area contributed by atoms with E-state index in [2.05, 4.69) is 34.3 Å². The van der Waals surface area contributed by atoms with Crippen LogP contribution in [0.25, 0.3) is 0 Å². The molecule has 2 aromatic rings. The van der Waals surface area contributed by atoms with Crippen molar-refractivity contribution in [2.75, 3.05) is 39.5 Å². The molecule has 1 saturated heterocycles. The summed E-state index contributed by atoms with van der Waals surface area (Å²) in [7, 11) is -1.20. The van der Waals surface area contributed by atoms with Crippen molar-refractivity contribution in [3.63, 3.8) is 0 Å². The largest absolute Gasteiger partial charge is 0.348 e. The molecule has 156 valence electrons. The van der Waals surface area contributed by atoms with Gasteiger partial charge in [0.05, 0.1) is 4.90 Å². The number of amides is 1. The predicted octanol–water partition coefficient (Wildman–Crippen LogP) is 2.08. The number of hydrogen-bond donors (Lipinski definition) is 1. The zero-order valence-electron chi connectivity index (χ0n) is 17.3. The molecule has 1 fully saturated rings. The Morgan fingerprint density at radius 1 is 1.00 bits per heavy atom. The van der Waals surface area contributed by atoms with Crippen LogP contribution in [0, 0.1) is 6.92 Å². The zero-order valence-corrected chi connectivity index (χ0v) is 18.1. The van der Waals surface area contributed by atoms with E-state index in [0.29, 0.717) is 12.1 Å². The van der Waals surface area contributed by atoms with Crippen LogP contribution in [0.2, 0.25) is 0 Å². The maximum Gasteiger partial charge on any atom is 0.251 e. The average molecular weight is 416 g/mol. The zero-order chi connectivity index (χ0) is 21.0. The van der Waals surface area contributed by atoms with Crippen LogP contribution in [0.1, 0.15) is 27.0 Å². The van der Waals surface area contributed by atoms with Gasteiger partial charge in [0, 0.05) is 51.1 Å². The Morgan fingerprint density at radius 3 is 2.24 bits per heavy atom. The molecule has 2 aromatic carbocycles. The molecule has 0 radical (unpaired) electrons. The average Bonchev–Trinajstić information content (AvgIpc) is 2.68. The molecule has 1 aliphatic heterocycles. The van der Waals surface area contributed by atoms with Gasteiger partial charge in [0.15, 0.2) is 9.84 Å². The van der Waals surface area contributed by atoms with Crippen molar-refractivity contribution in [1.29, 1.82) is 0 Å². The summed E-state index contributed by atoms with van der Waals surface area (Å²) in [4.78, 5) is 17.5. The lowest BCUT2D eigenvalue weighted by Crippen LogP contribution is -2.43. The molecule has 0 spiro atoms. The SMILES string of the molecule is Cc1ccc(S(C)(=O)=O)cc1C(=O)NCc1ccc(CN2CCN(C)CC2)cc1. The van der Waals surface area contributed by atoms with Crippen LogP contribution in [0.3, 0.4) is 0 Å². The lowest BCUT2D eigenvalue weighted by Gasteiger charge is -2.32. The Hall–Kier alpha value is -2.22. The van der Waals surface area contributed by atoms with Crippen LogP contribution in [0.4, 0.5) is 0 Å². The van der Waals surface area contributed by atoms with Gasteiger partial charge in [-0.3, -0.25) is 9.69 Å². The summed E-state index contributed by atoms with van der Waals surface area (Å²) in [5, 5.41) is 2.89. The Kier molecular flexibility index (Phi) is 6.72. The number of aryl methyl sites for hydroxylation is 1. The fourth-order valence-electron chi connectivity index (χ4n) is 3.38. The summed E-state index contributed by atoms with van der Waals surface area (Å²) in [5.74, 6) is -0.269. The third-order valence-corrected chi connectivity index (χ3v) is 6.47. The first-order chi connectivity index (χ1) is 13.7. The summed E-state index contributed by atoms with van der Waals surface area (Å²) < 4.78 is 23.5. The van der Waals surface area contributed by atoms with E-state index in [9.17, 15) is 13.2 Å². The van der Waals surface area contributed by atoms with Crippen molar-refractivity contribution < 1.29 is 13.2 Å². The van der Waals surface area contributed by atoms with Crippen molar-refractivity contribution >= 4 is 15.7 Å². The standard InChI is InChI=1S/C22H29N3O3S/c1-17-4-9-20(29(3,27)28)14-21(17)22(26)23-15-18-5-7-19(8-6-18)16-25-12-10-24(2)11-13-25/h4-9,14H,10-13,15-16H2,1-3H3,(H,23,26). The van der Waals surface area contributed by atoms with Crippen molar-refractivity contribution in [3.8, 4) is 0 Å². The molecule has 29 heavy (non-hydrogen) atoms. The molecule has 7 heteroatoms. The first-order valence-corrected chi connectivity index (χ1v) is 11.7. The topological polar surface area (TPSA) is 69.7 Å². The highest BCUT2D eigenvalue weighted by Gasteiger charge is 2.15. The third kappa shape index (κ3) is 5.88. The summed E-state index contributed by atoms with van der Waals surface area (Å²) in [5.41, 5.74) is 3.41. The monoisotopic (exact) mass is 415 g/mol. The van der Waals surface area contributed by atoms with E-state index in [1.807, 2.05) is 12.1 Å². The number of nitrogens with zero attached hydrogens (tertiary/aromatic N) is 2. The quantitative estimate of drug-likeness (QED) is 0.782. The molecule has 1 aliphatic rings. The van der Waals surface area contributed by atoms with Crippen LogP contribution in [0.5, 0.6) is 0 Å². The number of likely N-dealkylation sites (N-methyl/N-ethyl adjacent to an activating group) is 1. The van der Waals surface area contributed by atoms with Gasteiger partial charge in [-0.2, -0.15) is 0 Å². The Balaban J connectivity index is 1.58. The number of carbonyl (C=O) groups is 1. The minimum absolute atomic E-state index is 0.154. The van der Waals surface area contributed by atoms with Gasteiger partial charge in [-0.1, -0.05) is 30.3 Å². The third-order valence-electron chi connectivity index (χ3n) is 5.36. The summed E-state index contributed by atoms with van der Waals surface area (Å²) in [6.45, 7) is 7.51. The summed E-state index contributed by atoms with van der Waals surface area (Å²) in [6.07, 6.45) is 1.14. The van der Waals surface area contributed by atoms with Gasteiger partial charge in [0.1, 0.15) is 0 Å². The number of hydrogen-bond acceptors (Lipinski definition) is 5. The molecule has 0 atom stereocenters. The van der Waals surface area contributed by atoms with E-state index in [-0.39, 0.29) is 10.8 Å². The maximum atomic E-state index is 12.6. The van der Waals surface area contributed by atoms with Gasteiger partial charge in [0.25, 0.3) is 5.91 Å². The maximum absolute atomic E-state index is 12.6. The Morgan fingerprint density at radius 2 is 1.62 bits per heavy atom. The van der Waals surface area contributed by atoms with Gasteiger partial charge in [-0.05, 0) is 42.8 Å². The van der Waals surface area contributed by atoms with Gasteiger partial charge in [0.2, 0.25) is 0 Å². The first kappa shape index (κ1) is 21.5. The molecule has 0 aliphatic carbocycles. The molecular weight excluding hydrogens is 386 g/mol. The summed E-state index contributed by atoms with van der Waals surface area (Å²) in [6, 6.07) is 12.9. The lowest BCUT2D eigenvalue weighted by molar-refractivity contribution is 0.0950. The molecule has 1 N–H and O–H groups in total. The van der Waals surface area contributed by atoms with E-state index >= 15 is 0 Å². The number of piperazine rings is 1. The highest BCUT2D eigenvalue weighted by molar-refractivity contribution is 7.90. The highest BCUT2D eigenvalue weighted by Crippen LogP contribution is 2.16. The molecule has 0 saturated carbocycles. The van der Waals surface area contributed by atoms with Crippen LogP contribution >= 0.6 is 0 Å². The van der Waals surface area contributed by atoms with Gasteiger partial charge >= 0.3 is 0 Å². The van der Waals surface area contributed by atoms with Crippen LogP contribution in [-0.2, 0) is 22.9 Å². The second kappa shape index (κ2) is 9.07. The highest BCUT2D eigenvalue weighted by atomic mass is 32.2. The van der Waals surface area contributed by atoms with Crippen molar-refractivity contribution in [3.05, 3.63) is 64.7 Å². The normalized spacial score (nSPS) is 16.0. The number of carbonyl (C=O) groups excluding carboxylic acids is 1. The summed E-state index contributed by atoms with van der Waals surface area (Å²) >= 11 is 0. The van der Waals surface area contributed by atoms with Crippen molar-refractivity contribution in [2.45, 2.75) is 24.9 Å². The van der Waals surface area contributed by atoms with E-state index in [1.54, 1.807) is 13.0 Å². The van der Waals surface area contributed by atoms with Gasteiger partial charge in [-0.25, -0.2) is 8.42 Å². The minimum atomic E-state index is -3.35. The van der Waals surface area contributed by atoms with E-state index in [4.69, 9.17) is 0 Å². The number of rotatable bonds is 6. The van der Waals surface area contributed by atoms with Gasteiger partial charge < -0.3 is 10.2 Å². The lowest BCUT2D eigenvalue weighted by atomic mass is 10.1. The molecule has 1 amide bonds. The van der Waals surface area contributed by atoms with Crippen LogP contribution in [-0.4, -0.2) is 63.6 Å². The van der Waals surface area contributed by atoms with E-state index in [0.717, 1.165) is 50.1 Å². The Bertz CT molecular complexity index is 963. The van der Waals surface area contributed by atoms with E-state index in [1.165, 1.54) is 17.7 Å². The van der Waals surface area contributed by atoms with Crippen LogP contribution in [0.15, 0.2) is 47.4 Å². The number of nitrogens with one attached hydrogen (secondary N) is 1. The molecule has 6 nitrogen and oxygen atoms in total. The number of benzene rings is 2. The fourth-order valence-corrected chi connectivity index (χ4v) is 4.03. The van der Waals surface area contributed by atoms with Gasteiger partial charge in [-0.15, -0.1) is 0 Å². The number of sulfone groups is 1. The molecular formula is C22H29N3O3S. The predicted molar refractivity (Wildman–Crippen MR) is 115 cm³/mol. The second-order valence-corrected chi connectivity index (χ2v) is 9.84. The Labute approximate surface area is 173 Å². The molecule has 0 unspecified atom stereocenters. The molecule has 3 rings (SSSR count). The van der Waals surface area contributed by atoms with Crippen molar-refractivity contribution in [2.24, 2.45) is 0 Å².